The van der Waals surface area contributed by atoms with Crippen LogP contribution in [0.25, 0.3) is 5.69 Å². The Bertz CT molecular complexity index is 724. The fraction of sp³-hybridized carbons (Fsp3) is 0.500. The Hall–Kier alpha value is -2.12. The summed E-state index contributed by atoms with van der Waals surface area (Å²) < 4.78 is 7.32. The van der Waals surface area contributed by atoms with E-state index in [9.17, 15) is 4.79 Å². The molecule has 0 bridgehead atoms. The number of piperidine rings is 1. The van der Waals surface area contributed by atoms with Gasteiger partial charge < -0.3 is 15.4 Å². The van der Waals surface area contributed by atoms with Crippen LogP contribution in [0.15, 0.2) is 24.3 Å². The summed E-state index contributed by atoms with van der Waals surface area (Å²) >= 11 is 0. The molecule has 26 heavy (non-hydrogen) atoms. The van der Waals surface area contributed by atoms with Crippen molar-refractivity contribution >= 4 is 18.3 Å². The Balaban J connectivity index is 0.00000243. The smallest absolute Gasteiger partial charge is 0.274 e. The minimum absolute atomic E-state index is 0. The number of amides is 1. The molecular formula is C18H26ClN5O2. The lowest BCUT2D eigenvalue weighted by Crippen LogP contribution is -2.45. The first-order valence-electron chi connectivity index (χ1n) is 8.75. The molecule has 0 saturated carbocycles. The van der Waals surface area contributed by atoms with Crippen LogP contribution in [-0.4, -0.2) is 46.1 Å². The average Bonchev–Trinajstić information content (AvgIpc) is 2.98. The number of nitrogens with zero attached hydrogens (tertiary/aromatic N) is 3. The van der Waals surface area contributed by atoms with Crippen LogP contribution in [0.1, 0.15) is 42.9 Å². The number of benzene rings is 1. The van der Waals surface area contributed by atoms with Gasteiger partial charge in [-0.3, -0.25) is 4.79 Å². The minimum Gasteiger partial charge on any atom is -0.491 e. The normalized spacial score (nSPS) is 16.8. The van der Waals surface area contributed by atoms with Crippen molar-refractivity contribution in [2.45, 2.75) is 45.8 Å². The highest BCUT2D eigenvalue weighted by Crippen LogP contribution is 2.18. The molecule has 0 spiro atoms. The maximum atomic E-state index is 12.5. The van der Waals surface area contributed by atoms with Crippen molar-refractivity contribution in [1.29, 1.82) is 0 Å². The third kappa shape index (κ3) is 4.74. The third-order valence-corrected chi connectivity index (χ3v) is 4.19. The van der Waals surface area contributed by atoms with Gasteiger partial charge in [-0.15, -0.1) is 17.5 Å². The molecule has 142 valence electrons. The molecule has 2 N–H and O–H groups in total. The number of carbonyl (C=O) groups is 1. The van der Waals surface area contributed by atoms with Crippen molar-refractivity contribution in [2.75, 3.05) is 13.1 Å². The predicted octanol–water partition coefficient (Wildman–Crippen LogP) is 2.27. The van der Waals surface area contributed by atoms with E-state index in [0.29, 0.717) is 5.69 Å². The van der Waals surface area contributed by atoms with Gasteiger partial charge in [0.2, 0.25) is 0 Å². The predicted molar refractivity (Wildman–Crippen MR) is 102 cm³/mol. The standard InChI is InChI=1S/C18H25N5O2.ClH/c1-12(2)25-16-8-6-15(7-9-16)23-13(3)17(21-22-23)18(24)20-14-5-4-10-19-11-14;/h6-9,12,14,19H,4-5,10-11H2,1-3H3,(H,20,24);1H. The van der Waals surface area contributed by atoms with E-state index in [-0.39, 0.29) is 30.5 Å². The van der Waals surface area contributed by atoms with Crippen molar-refractivity contribution in [3.05, 3.63) is 35.7 Å². The number of carbonyl (C=O) groups excluding carboxylic acids is 1. The zero-order valence-corrected chi connectivity index (χ0v) is 16.2. The second kappa shape index (κ2) is 9.00. The molecule has 1 amide bonds. The fourth-order valence-corrected chi connectivity index (χ4v) is 2.95. The van der Waals surface area contributed by atoms with Crippen LogP contribution < -0.4 is 15.4 Å². The monoisotopic (exact) mass is 379 g/mol. The van der Waals surface area contributed by atoms with E-state index in [4.69, 9.17) is 4.74 Å². The van der Waals surface area contributed by atoms with Crippen molar-refractivity contribution in [3.8, 4) is 11.4 Å². The Morgan fingerprint density at radius 3 is 2.69 bits per heavy atom. The number of ether oxygens (including phenoxy) is 1. The van der Waals surface area contributed by atoms with Gasteiger partial charge in [-0.05, 0) is 64.4 Å². The molecule has 1 aromatic carbocycles. The lowest BCUT2D eigenvalue weighted by molar-refractivity contribution is 0.0925. The van der Waals surface area contributed by atoms with E-state index < -0.39 is 0 Å². The van der Waals surface area contributed by atoms with Gasteiger partial charge >= 0.3 is 0 Å². The molecule has 1 saturated heterocycles. The van der Waals surface area contributed by atoms with Crippen LogP contribution in [-0.2, 0) is 0 Å². The number of rotatable bonds is 5. The first-order valence-corrected chi connectivity index (χ1v) is 8.75. The molecule has 3 rings (SSSR count). The SMILES string of the molecule is Cc1c(C(=O)NC2CCCNC2)nnn1-c1ccc(OC(C)C)cc1.Cl. The number of hydrogen-bond donors (Lipinski definition) is 2. The lowest BCUT2D eigenvalue weighted by Gasteiger charge is -2.23. The van der Waals surface area contributed by atoms with Crippen molar-refractivity contribution in [1.82, 2.24) is 25.6 Å². The maximum Gasteiger partial charge on any atom is 0.274 e. The Labute approximate surface area is 159 Å². The number of nitrogens with one attached hydrogen (secondary N) is 2. The van der Waals surface area contributed by atoms with Gasteiger partial charge in [0.25, 0.3) is 5.91 Å². The summed E-state index contributed by atoms with van der Waals surface area (Å²) in [5, 5.41) is 14.5. The second-order valence-electron chi connectivity index (χ2n) is 6.61. The summed E-state index contributed by atoms with van der Waals surface area (Å²) in [4.78, 5) is 12.5. The summed E-state index contributed by atoms with van der Waals surface area (Å²) in [5.41, 5.74) is 1.94. The summed E-state index contributed by atoms with van der Waals surface area (Å²) in [6.07, 6.45) is 2.19. The summed E-state index contributed by atoms with van der Waals surface area (Å²) in [7, 11) is 0. The zero-order chi connectivity index (χ0) is 17.8. The van der Waals surface area contributed by atoms with Gasteiger partial charge in [0, 0.05) is 12.6 Å². The number of hydrogen-bond acceptors (Lipinski definition) is 5. The van der Waals surface area contributed by atoms with Crippen LogP contribution in [0.4, 0.5) is 0 Å². The number of halogens is 1. The minimum atomic E-state index is -0.169. The summed E-state index contributed by atoms with van der Waals surface area (Å²) in [6.45, 7) is 7.64. The first kappa shape index (κ1) is 20.2. The van der Waals surface area contributed by atoms with Gasteiger partial charge in [0.05, 0.1) is 17.5 Å². The molecule has 1 aliphatic rings. The Morgan fingerprint density at radius 1 is 1.35 bits per heavy atom. The van der Waals surface area contributed by atoms with E-state index in [2.05, 4.69) is 20.9 Å². The van der Waals surface area contributed by atoms with Crippen molar-refractivity contribution < 1.29 is 9.53 Å². The van der Waals surface area contributed by atoms with Gasteiger partial charge in [-0.2, -0.15) is 0 Å². The molecule has 0 radical (unpaired) electrons. The molecule has 7 nitrogen and oxygen atoms in total. The molecule has 1 aliphatic heterocycles. The van der Waals surface area contributed by atoms with Crippen molar-refractivity contribution in [3.63, 3.8) is 0 Å². The van der Waals surface area contributed by atoms with Crippen LogP contribution in [0, 0.1) is 6.92 Å². The molecule has 1 unspecified atom stereocenters. The first-order chi connectivity index (χ1) is 12.0. The van der Waals surface area contributed by atoms with Crippen LogP contribution >= 0.6 is 12.4 Å². The highest BCUT2D eigenvalue weighted by atomic mass is 35.5. The van der Waals surface area contributed by atoms with Crippen LogP contribution in [0.3, 0.4) is 0 Å². The van der Waals surface area contributed by atoms with Gasteiger partial charge in [0.15, 0.2) is 5.69 Å². The van der Waals surface area contributed by atoms with E-state index in [1.165, 1.54) is 0 Å². The molecule has 2 heterocycles. The second-order valence-corrected chi connectivity index (χ2v) is 6.61. The van der Waals surface area contributed by atoms with Crippen LogP contribution in [0.2, 0.25) is 0 Å². The maximum absolute atomic E-state index is 12.5. The summed E-state index contributed by atoms with van der Waals surface area (Å²) in [5.74, 6) is 0.636. The molecule has 0 aliphatic carbocycles. The largest absolute Gasteiger partial charge is 0.491 e. The van der Waals surface area contributed by atoms with Gasteiger partial charge in [-0.25, -0.2) is 4.68 Å². The molecule has 1 fully saturated rings. The van der Waals surface area contributed by atoms with Crippen molar-refractivity contribution in [2.24, 2.45) is 0 Å². The van der Waals surface area contributed by atoms with E-state index >= 15 is 0 Å². The van der Waals surface area contributed by atoms with Crippen LogP contribution in [0.5, 0.6) is 5.75 Å². The highest BCUT2D eigenvalue weighted by molar-refractivity contribution is 5.93. The Morgan fingerprint density at radius 2 is 2.08 bits per heavy atom. The average molecular weight is 380 g/mol. The van der Waals surface area contributed by atoms with E-state index in [1.807, 2.05) is 45.0 Å². The third-order valence-electron chi connectivity index (χ3n) is 4.19. The zero-order valence-electron chi connectivity index (χ0n) is 15.4. The quantitative estimate of drug-likeness (QED) is 0.832. The molecule has 1 atom stereocenters. The van der Waals surface area contributed by atoms with E-state index in [1.54, 1.807) is 4.68 Å². The van der Waals surface area contributed by atoms with Gasteiger partial charge in [-0.1, -0.05) is 5.21 Å². The molecule has 8 heteroatoms. The topological polar surface area (TPSA) is 81.1 Å². The van der Waals surface area contributed by atoms with E-state index in [0.717, 1.165) is 43.1 Å². The molecule has 2 aromatic rings. The molecule has 1 aromatic heterocycles. The number of aromatic nitrogens is 3. The Kier molecular flexibility index (Phi) is 6.99. The highest BCUT2D eigenvalue weighted by Gasteiger charge is 2.21. The summed E-state index contributed by atoms with van der Waals surface area (Å²) in [6, 6.07) is 7.75. The molecular weight excluding hydrogens is 354 g/mol. The fourth-order valence-electron chi connectivity index (χ4n) is 2.95. The lowest BCUT2D eigenvalue weighted by atomic mass is 10.1. The van der Waals surface area contributed by atoms with Gasteiger partial charge in [0.1, 0.15) is 5.75 Å².